The van der Waals surface area contributed by atoms with Crippen LogP contribution in [0.3, 0.4) is 0 Å². The SMILES string of the molecule is CCCCC(CC)COc1cc(CCc2cc(OC)c(CCc3cc(OC)c(CC)cc3OCC(CC)CCCC)cc2OCC(CC)CCCC)c(OC)cc1CC. The van der Waals surface area contributed by atoms with Crippen molar-refractivity contribution >= 4 is 0 Å². The molecule has 3 rings (SSSR count). The lowest BCUT2D eigenvalue weighted by Crippen LogP contribution is -2.13. The molecule has 3 atom stereocenters. The van der Waals surface area contributed by atoms with E-state index in [1.165, 1.54) is 74.5 Å². The van der Waals surface area contributed by atoms with Gasteiger partial charge in [0.25, 0.3) is 0 Å². The number of hydrogen-bond donors (Lipinski definition) is 0. The van der Waals surface area contributed by atoms with Crippen LogP contribution in [0.5, 0.6) is 34.5 Å². The van der Waals surface area contributed by atoms with Gasteiger partial charge in [0.1, 0.15) is 34.5 Å². The molecular formula is C53H84O6. The number of methoxy groups -OCH3 is 3. The normalized spacial score (nSPS) is 12.9. The summed E-state index contributed by atoms with van der Waals surface area (Å²) in [6, 6.07) is 13.3. The highest BCUT2D eigenvalue weighted by atomic mass is 16.5. The van der Waals surface area contributed by atoms with Crippen LogP contribution in [0.4, 0.5) is 0 Å². The van der Waals surface area contributed by atoms with Gasteiger partial charge in [0.05, 0.1) is 41.2 Å². The number of ether oxygens (including phenoxy) is 6. The van der Waals surface area contributed by atoms with Crippen LogP contribution in [0.1, 0.15) is 166 Å². The minimum Gasteiger partial charge on any atom is -0.496 e. The van der Waals surface area contributed by atoms with Gasteiger partial charge in [-0.2, -0.15) is 0 Å². The highest BCUT2D eigenvalue weighted by molar-refractivity contribution is 5.51. The van der Waals surface area contributed by atoms with Gasteiger partial charge in [-0.25, -0.2) is 0 Å². The molecule has 0 aromatic heterocycles. The van der Waals surface area contributed by atoms with E-state index in [4.69, 9.17) is 28.4 Å². The van der Waals surface area contributed by atoms with Gasteiger partial charge < -0.3 is 28.4 Å². The van der Waals surface area contributed by atoms with Gasteiger partial charge >= 0.3 is 0 Å². The molecule has 0 N–H and O–H groups in total. The van der Waals surface area contributed by atoms with E-state index in [1.54, 1.807) is 21.3 Å². The summed E-state index contributed by atoms with van der Waals surface area (Å²) in [5.74, 6) is 7.30. The first kappa shape index (κ1) is 49.8. The molecule has 3 aromatic rings. The molecule has 59 heavy (non-hydrogen) atoms. The lowest BCUT2D eigenvalue weighted by molar-refractivity contribution is 0.230. The van der Waals surface area contributed by atoms with E-state index in [0.717, 1.165) is 122 Å². The molecule has 0 saturated heterocycles. The Morgan fingerprint density at radius 3 is 0.915 bits per heavy atom. The van der Waals surface area contributed by atoms with Crippen LogP contribution in [0.15, 0.2) is 36.4 Å². The summed E-state index contributed by atoms with van der Waals surface area (Å²) in [7, 11) is 5.33. The fourth-order valence-electron chi connectivity index (χ4n) is 8.10. The van der Waals surface area contributed by atoms with E-state index in [2.05, 4.69) is 91.8 Å². The van der Waals surface area contributed by atoms with E-state index < -0.39 is 0 Å². The van der Waals surface area contributed by atoms with Crippen LogP contribution in [-0.2, 0) is 38.5 Å². The maximum atomic E-state index is 6.84. The molecule has 0 aliphatic heterocycles. The molecule has 3 aromatic carbocycles. The Hall–Kier alpha value is -3.54. The summed E-state index contributed by atoms with van der Waals surface area (Å²) in [4.78, 5) is 0. The molecule has 6 heteroatoms. The topological polar surface area (TPSA) is 55.4 Å². The molecule has 0 bridgehead atoms. The third kappa shape index (κ3) is 15.8. The summed E-state index contributed by atoms with van der Waals surface area (Å²) in [6.45, 7) is 20.2. The quantitative estimate of drug-likeness (QED) is 0.0626. The van der Waals surface area contributed by atoms with Crippen LogP contribution in [-0.4, -0.2) is 41.2 Å². The van der Waals surface area contributed by atoms with Gasteiger partial charge in [-0.05, 0) is 145 Å². The Morgan fingerprint density at radius 1 is 0.356 bits per heavy atom. The van der Waals surface area contributed by atoms with Crippen molar-refractivity contribution in [1.29, 1.82) is 0 Å². The summed E-state index contributed by atoms with van der Waals surface area (Å²) in [5, 5.41) is 0. The van der Waals surface area contributed by atoms with Crippen molar-refractivity contribution in [1.82, 2.24) is 0 Å². The van der Waals surface area contributed by atoms with Gasteiger partial charge in [0.2, 0.25) is 0 Å². The van der Waals surface area contributed by atoms with Crippen LogP contribution >= 0.6 is 0 Å². The molecule has 0 aliphatic carbocycles. The maximum Gasteiger partial charge on any atom is 0.123 e. The molecule has 0 saturated carbocycles. The zero-order chi connectivity index (χ0) is 43.0. The van der Waals surface area contributed by atoms with Gasteiger partial charge in [0, 0.05) is 0 Å². The van der Waals surface area contributed by atoms with Crippen LogP contribution in [0.2, 0.25) is 0 Å². The summed E-state index contributed by atoms with van der Waals surface area (Å²) in [6.07, 6.45) is 19.2. The highest BCUT2D eigenvalue weighted by Gasteiger charge is 2.20. The average molecular weight is 817 g/mol. The largest absolute Gasteiger partial charge is 0.496 e. The zero-order valence-corrected chi connectivity index (χ0v) is 39.5. The third-order valence-electron chi connectivity index (χ3n) is 12.5. The maximum absolute atomic E-state index is 6.84. The van der Waals surface area contributed by atoms with Crippen molar-refractivity contribution in [3.05, 3.63) is 69.8 Å². The van der Waals surface area contributed by atoms with Crippen molar-refractivity contribution < 1.29 is 28.4 Å². The average Bonchev–Trinajstić information content (AvgIpc) is 3.27. The molecule has 332 valence electrons. The Labute approximate surface area is 361 Å². The minimum absolute atomic E-state index is 0.521. The van der Waals surface area contributed by atoms with Crippen LogP contribution in [0, 0.1) is 17.8 Å². The third-order valence-corrected chi connectivity index (χ3v) is 12.5. The second-order valence-electron chi connectivity index (χ2n) is 16.7. The summed E-state index contributed by atoms with van der Waals surface area (Å²) < 4.78 is 38.1. The predicted octanol–water partition coefficient (Wildman–Crippen LogP) is 14.2. The highest BCUT2D eigenvalue weighted by Crippen LogP contribution is 2.37. The van der Waals surface area contributed by atoms with Crippen LogP contribution in [0.25, 0.3) is 0 Å². The first-order valence-corrected chi connectivity index (χ1v) is 23.7. The molecular weight excluding hydrogens is 733 g/mol. The second kappa shape index (κ2) is 28.1. The fraction of sp³-hybridized carbons (Fsp3) is 0.660. The van der Waals surface area contributed by atoms with Gasteiger partial charge in [-0.1, -0.05) is 113 Å². The molecule has 0 amide bonds. The van der Waals surface area contributed by atoms with E-state index >= 15 is 0 Å². The number of benzene rings is 3. The standard InChI is InChI=1S/C53H84O6/c1-12-20-23-39(15-4)36-57-51-34-44(49(55-10)30-43(51)19-8)26-29-47-33-50(56-11)45(35-53(47)59-38-41(17-6)25-22-14-3)27-28-46-32-48(54-9)42(18-7)31-52(46)58-37-40(16-5)24-21-13-2/h30-35,39-41H,12-29,36-38H2,1-11H3. The fourth-order valence-corrected chi connectivity index (χ4v) is 8.10. The van der Waals surface area contributed by atoms with Crippen molar-refractivity contribution in [2.24, 2.45) is 17.8 Å². The molecule has 0 spiro atoms. The van der Waals surface area contributed by atoms with E-state index in [1.807, 2.05) is 0 Å². The molecule has 3 unspecified atom stereocenters. The van der Waals surface area contributed by atoms with Crippen molar-refractivity contribution in [2.45, 2.75) is 171 Å². The van der Waals surface area contributed by atoms with Gasteiger partial charge in [-0.3, -0.25) is 0 Å². The predicted molar refractivity (Wildman–Crippen MR) is 249 cm³/mol. The second-order valence-corrected chi connectivity index (χ2v) is 16.7. The van der Waals surface area contributed by atoms with Gasteiger partial charge in [0.15, 0.2) is 0 Å². The van der Waals surface area contributed by atoms with Gasteiger partial charge in [-0.15, -0.1) is 0 Å². The lowest BCUT2D eigenvalue weighted by Gasteiger charge is -2.22. The van der Waals surface area contributed by atoms with Crippen molar-refractivity contribution in [3.63, 3.8) is 0 Å². The van der Waals surface area contributed by atoms with Crippen molar-refractivity contribution in [2.75, 3.05) is 41.2 Å². The number of aryl methyl sites for hydroxylation is 6. The molecule has 0 radical (unpaired) electrons. The Bertz CT molecular complexity index is 1610. The minimum atomic E-state index is 0.521. The summed E-state index contributed by atoms with van der Waals surface area (Å²) >= 11 is 0. The van der Waals surface area contributed by atoms with E-state index in [9.17, 15) is 0 Å². The number of hydrogen-bond acceptors (Lipinski definition) is 6. The Morgan fingerprint density at radius 2 is 0.610 bits per heavy atom. The zero-order valence-electron chi connectivity index (χ0n) is 39.5. The number of rotatable bonds is 32. The molecule has 0 aliphatic rings. The molecule has 6 nitrogen and oxygen atoms in total. The Balaban J connectivity index is 1.98. The van der Waals surface area contributed by atoms with E-state index in [0.29, 0.717) is 24.4 Å². The van der Waals surface area contributed by atoms with Crippen molar-refractivity contribution in [3.8, 4) is 34.5 Å². The first-order valence-electron chi connectivity index (χ1n) is 23.7. The smallest absolute Gasteiger partial charge is 0.123 e. The van der Waals surface area contributed by atoms with E-state index in [-0.39, 0.29) is 0 Å². The first-order chi connectivity index (χ1) is 28.8. The lowest BCUT2D eigenvalue weighted by atomic mass is 9.95. The number of unbranched alkanes of at least 4 members (excludes halogenated alkanes) is 3. The molecule has 0 heterocycles. The summed E-state index contributed by atoms with van der Waals surface area (Å²) in [5.41, 5.74) is 6.99. The Kier molecular flexibility index (Phi) is 23.7. The molecule has 0 fully saturated rings. The van der Waals surface area contributed by atoms with Crippen LogP contribution < -0.4 is 28.4 Å². The monoisotopic (exact) mass is 817 g/mol.